The first kappa shape index (κ1) is 36.0. The highest BCUT2D eigenvalue weighted by Crippen LogP contribution is 2.43. The molecule has 50 heavy (non-hydrogen) atoms. The van der Waals surface area contributed by atoms with E-state index in [4.69, 9.17) is 10.5 Å². The number of halogens is 4. The predicted molar refractivity (Wildman–Crippen MR) is 174 cm³/mol. The molecule has 1 saturated heterocycles. The number of hydrogen-bond acceptors (Lipinski definition) is 10. The van der Waals surface area contributed by atoms with Gasteiger partial charge in [0.1, 0.15) is 23.4 Å². The highest BCUT2D eigenvalue weighted by Gasteiger charge is 2.49. The molecular weight excluding hydrogens is 684 g/mol. The van der Waals surface area contributed by atoms with E-state index in [0.717, 1.165) is 11.0 Å². The summed E-state index contributed by atoms with van der Waals surface area (Å²) < 4.78 is 91.1. The molecule has 5 rings (SSSR count). The quantitative estimate of drug-likeness (QED) is 0.122. The number of fused-ring (bicyclic) bond motifs is 1. The van der Waals surface area contributed by atoms with Crippen molar-refractivity contribution in [3.63, 3.8) is 0 Å². The fourth-order valence-electron chi connectivity index (χ4n) is 5.96. The second kappa shape index (κ2) is 14.3. The Kier molecular flexibility index (Phi) is 10.3. The van der Waals surface area contributed by atoms with Gasteiger partial charge in [0.15, 0.2) is 9.84 Å². The van der Waals surface area contributed by atoms with E-state index in [9.17, 15) is 36.0 Å². The Hall–Kier alpha value is -5.25. The van der Waals surface area contributed by atoms with Gasteiger partial charge in [-0.3, -0.25) is 9.59 Å². The molecule has 0 spiro atoms. The molecule has 0 bridgehead atoms. The zero-order valence-corrected chi connectivity index (χ0v) is 27.6. The van der Waals surface area contributed by atoms with E-state index in [1.54, 1.807) is 31.2 Å². The second-order valence-corrected chi connectivity index (χ2v) is 13.6. The number of benzene rings is 3. The number of rotatable bonds is 10. The highest BCUT2D eigenvalue weighted by atomic mass is 32.2. The topological polar surface area (TPSA) is 158 Å². The third-order valence-electron chi connectivity index (χ3n) is 8.30. The first-order valence-electron chi connectivity index (χ1n) is 15.4. The number of likely N-dealkylation sites (tertiary alicyclic amines) is 1. The molecule has 16 heteroatoms. The number of ether oxygens (including phenoxy) is 2. The molecule has 1 aromatic heterocycles. The first-order chi connectivity index (χ1) is 23.7. The monoisotopic (exact) mass is 716 g/mol. The summed E-state index contributed by atoms with van der Waals surface area (Å²) in [5.74, 6) is -7.55. The summed E-state index contributed by atoms with van der Waals surface area (Å²) in [6.07, 6.45) is -4.33. The van der Waals surface area contributed by atoms with Gasteiger partial charge in [-0.05, 0) is 72.8 Å². The molecule has 0 unspecified atom stereocenters. The fourth-order valence-corrected chi connectivity index (χ4v) is 7.10. The maximum atomic E-state index is 15.7. The standard InChI is InChI=1S/C34H32F4N4O7S/c1-3-48-21-10-12-26(35)25(18-21)28(41-20-9-11-22-19(17-20)13-15-40-30(22)39)31(43)42-16-14-24(32(44)49-33(45)34(36,37)38)29(42)23-7-5-6-8-27(23)50(46,47)4-2/h5-13,15,17-18,24,28-29,41H,3-4,14,16H2,1-2H3,(H2,39,40)/t24-,28+,29-/m0/s1. The third kappa shape index (κ3) is 7.34. The number of hydrogen-bond donors (Lipinski definition) is 2. The molecule has 1 amide bonds. The molecule has 4 aromatic rings. The molecule has 0 radical (unpaired) electrons. The Morgan fingerprint density at radius 3 is 2.50 bits per heavy atom. The van der Waals surface area contributed by atoms with Crippen molar-refractivity contribution in [1.29, 1.82) is 0 Å². The predicted octanol–water partition coefficient (Wildman–Crippen LogP) is 5.52. The Balaban J connectivity index is 1.65. The second-order valence-electron chi connectivity index (χ2n) is 11.3. The van der Waals surface area contributed by atoms with Gasteiger partial charge in [0.2, 0.25) is 5.91 Å². The lowest BCUT2D eigenvalue weighted by atomic mass is 9.93. The molecule has 264 valence electrons. The molecule has 0 saturated carbocycles. The van der Waals surface area contributed by atoms with Crippen LogP contribution in [0.15, 0.2) is 77.8 Å². The number of anilines is 2. The zero-order valence-electron chi connectivity index (χ0n) is 26.7. The van der Waals surface area contributed by atoms with Crippen LogP contribution in [0, 0.1) is 11.7 Å². The van der Waals surface area contributed by atoms with Crippen LogP contribution in [0.2, 0.25) is 0 Å². The van der Waals surface area contributed by atoms with Gasteiger partial charge < -0.3 is 25.4 Å². The van der Waals surface area contributed by atoms with Crippen molar-refractivity contribution in [2.45, 2.75) is 43.4 Å². The number of carbonyl (C=O) groups excluding carboxylic acids is 3. The number of nitrogens with one attached hydrogen (secondary N) is 1. The van der Waals surface area contributed by atoms with Crippen molar-refractivity contribution in [3.05, 3.63) is 89.9 Å². The normalized spacial score (nSPS) is 17.0. The average molecular weight is 717 g/mol. The van der Waals surface area contributed by atoms with Gasteiger partial charge >= 0.3 is 18.1 Å². The minimum absolute atomic E-state index is 0.0856. The third-order valence-corrected chi connectivity index (χ3v) is 10.1. The van der Waals surface area contributed by atoms with E-state index in [2.05, 4.69) is 15.0 Å². The molecule has 3 aromatic carbocycles. The molecule has 1 aliphatic heterocycles. The molecule has 3 atom stereocenters. The van der Waals surface area contributed by atoms with E-state index in [0.29, 0.717) is 16.5 Å². The summed E-state index contributed by atoms with van der Waals surface area (Å²) in [5, 5.41) is 4.27. The number of carbonyl (C=O) groups is 3. The van der Waals surface area contributed by atoms with Crippen LogP contribution in [0.5, 0.6) is 5.75 Å². The van der Waals surface area contributed by atoms with Crippen molar-refractivity contribution in [1.82, 2.24) is 9.88 Å². The number of nitrogens with two attached hydrogens (primary N) is 1. The van der Waals surface area contributed by atoms with Crippen LogP contribution in [0.3, 0.4) is 0 Å². The van der Waals surface area contributed by atoms with E-state index in [1.807, 2.05) is 0 Å². The van der Waals surface area contributed by atoms with E-state index in [-0.39, 0.29) is 52.9 Å². The number of pyridine rings is 1. The van der Waals surface area contributed by atoms with Crippen molar-refractivity contribution in [3.8, 4) is 5.75 Å². The average Bonchev–Trinajstić information content (AvgIpc) is 3.53. The van der Waals surface area contributed by atoms with Gasteiger partial charge in [0.05, 0.1) is 29.2 Å². The summed E-state index contributed by atoms with van der Waals surface area (Å²) >= 11 is 0. The number of sulfone groups is 1. The lowest BCUT2D eigenvalue weighted by molar-refractivity contribution is -0.203. The van der Waals surface area contributed by atoms with Gasteiger partial charge in [-0.25, -0.2) is 22.6 Å². The number of alkyl halides is 3. The number of esters is 2. The van der Waals surface area contributed by atoms with Gasteiger partial charge in [-0.2, -0.15) is 13.2 Å². The van der Waals surface area contributed by atoms with Crippen LogP contribution in [0.4, 0.5) is 29.1 Å². The van der Waals surface area contributed by atoms with Gasteiger partial charge in [0, 0.05) is 29.4 Å². The van der Waals surface area contributed by atoms with Crippen molar-refractivity contribution >= 4 is 50.0 Å². The Bertz CT molecular complexity index is 2060. The summed E-state index contributed by atoms with van der Waals surface area (Å²) in [6.45, 7) is 3.00. The summed E-state index contributed by atoms with van der Waals surface area (Å²) in [6, 6.07) is 12.7. The summed E-state index contributed by atoms with van der Waals surface area (Å²) in [7, 11) is -4.02. The van der Waals surface area contributed by atoms with Crippen LogP contribution < -0.4 is 15.8 Å². The summed E-state index contributed by atoms with van der Waals surface area (Å²) in [4.78, 5) is 44.5. The molecular formula is C34H32F4N4O7S. The van der Waals surface area contributed by atoms with Crippen LogP contribution in [0.25, 0.3) is 10.8 Å². The van der Waals surface area contributed by atoms with Crippen molar-refractivity contribution in [2.24, 2.45) is 5.92 Å². The maximum absolute atomic E-state index is 15.7. The lowest BCUT2D eigenvalue weighted by Gasteiger charge is -2.33. The number of aromatic nitrogens is 1. The molecule has 0 aliphatic carbocycles. The van der Waals surface area contributed by atoms with Gasteiger partial charge in [-0.1, -0.05) is 25.1 Å². The van der Waals surface area contributed by atoms with E-state index < -0.39 is 57.7 Å². The minimum atomic E-state index is -5.50. The smallest absolute Gasteiger partial charge is 0.491 e. The number of amides is 1. The van der Waals surface area contributed by atoms with Crippen LogP contribution >= 0.6 is 0 Å². The fraction of sp³-hybridized carbons (Fsp3) is 0.294. The number of nitrogen functional groups attached to an aromatic ring is 1. The van der Waals surface area contributed by atoms with Gasteiger partial charge in [-0.15, -0.1) is 0 Å². The molecule has 1 aliphatic rings. The molecule has 2 heterocycles. The zero-order chi connectivity index (χ0) is 36.4. The van der Waals surface area contributed by atoms with E-state index in [1.165, 1.54) is 49.5 Å². The van der Waals surface area contributed by atoms with Crippen molar-refractivity contribution < 1.29 is 49.8 Å². The first-order valence-corrected chi connectivity index (χ1v) is 17.1. The highest BCUT2D eigenvalue weighted by molar-refractivity contribution is 7.91. The molecule has 11 nitrogen and oxygen atoms in total. The van der Waals surface area contributed by atoms with Crippen LogP contribution in [0.1, 0.15) is 43.5 Å². The van der Waals surface area contributed by atoms with Crippen LogP contribution in [-0.4, -0.2) is 61.2 Å². The van der Waals surface area contributed by atoms with Gasteiger partial charge in [0.25, 0.3) is 0 Å². The number of nitrogens with zero attached hydrogens (tertiary/aromatic N) is 2. The Morgan fingerprint density at radius 2 is 1.80 bits per heavy atom. The minimum Gasteiger partial charge on any atom is -0.494 e. The van der Waals surface area contributed by atoms with E-state index >= 15 is 4.39 Å². The molecule has 1 fully saturated rings. The SMILES string of the molecule is CCOc1ccc(F)c([C@@H](Nc2ccc3c(N)nccc3c2)C(=O)N2CC[C@H](C(=O)OC(=O)C(F)(F)F)[C@@H]2c2ccccc2S(=O)(=O)CC)c1. The largest absolute Gasteiger partial charge is 0.494 e. The molecule has 3 N–H and O–H groups in total. The lowest BCUT2D eigenvalue weighted by Crippen LogP contribution is -2.41. The Morgan fingerprint density at radius 1 is 1.06 bits per heavy atom. The Labute approximate surface area is 284 Å². The van der Waals surface area contributed by atoms with Crippen molar-refractivity contribution in [2.75, 3.05) is 30.0 Å². The maximum Gasteiger partial charge on any atom is 0.491 e. The summed E-state index contributed by atoms with van der Waals surface area (Å²) in [5.41, 5.74) is 6.06. The van der Waals surface area contributed by atoms with Crippen LogP contribution in [-0.2, 0) is 29.0 Å².